The number of nitrogens with zero attached hydrogens (tertiary/aromatic N) is 1. The summed E-state index contributed by atoms with van der Waals surface area (Å²) in [6.45, 7) is 9.43. The Labute approximate surface area is 95.2 Å². The lowest BCUT2D eigenvalue weighted by molar-refractivity contribution is 0.176. The molecule has 15 heavy (non-hydrogen) atoms. The zero-order valence-electron chi connectivity index (χ0n) is 10.5. The number of nitrogens with two attached hydrogens (primary N) is 1. The summed E-state index contributed by atoms with van der Waals surface area (Å²) in [5.41, 5.74) is 5.59. The van der Waals surface area contributed by atoms with Crippen LogP contribution in [-0.4, -0.2) is 31.1 Å². The van der Waals surface area contributed by atoms with Gasteiger partial charge in [-0.05, 0) is 70.1 Å². The van der Waals surface area contributed by atoms with Gasteiger partial charge in [-0.3, -0.25) is 0 Å². The fraction of sp³-hybridized carbons (Fsp3) is 1.00. The lowest BCUT2D eigenvalue weighted by Crippen LogP contribution is -2.35. The van der Waals surface area contributed by atoms with Gasteiger partial charge >= 0.3 is 0 Å². The molecule has 2 N–H and O–H groups in total. The maximum atomic E-state index is 5.59. The van der Waals surface area contributed by atoms with Crippen LogP contribution >= 0.6 is 0 Å². The molecular weight excluding hydrogens is 184 g/mol. The van der Waals surface area contributed by atoms with E-state index in [9.17, 15) is 0 Å². The second-order valence-corrected chi connectivity index (χ2v) is 5.40. The molecule has 0 bridgehead atoms. The van der Waals surface area contributed by atoms with Crippen molar-refractivity contribution in [3.63, 3.8) is 0 Å². The zero-order chi connectivity index (χ0) is 11.1. The smallest absolute Gasteiger partial charge is 0.00161 e. The molecule has 1 saturated heterocycles. The average molecular weight is 212 g/mol. The van der Waals surface area contributed by atoms with E-state index in [2.05, 4.69) is 18.7 Å². The van der Waals surface area contributed by atoms with Gasteiger partial charge in [0.1, 0.15) is 0 Å². The summed E-state index contributed by atoms with van der Waals surface area (Å²) in [4.78, 5) is 2.63. The lowest BCUT2D eigenvalue weighted by Gasteiger charge is -2.31. The molecule has 2 heteroatoms. The molecule has 1 aliphatic heterocycles. The summed E-state index contributed by atoms with van der Waals surface area (Å²) >= 11 is 0. The Bertz CT molecular complexity index is 149. The van der Waals surface area contributed by atoms with E-state index in [1.165, 1.54) is 51.7 Å². The van der Waals surface area contributed by atoms with E-state index >= 15 is 0 Å². The fourth-order valence-electron chi connectivity index (χ4n) is 2.46. The van der Waals surface area contributed by atoms with Gasteiger partial charge in [0.15, 0.2) is 0 Å². The topological polar surface area (TPSA) is 29.3 Å². The number of piperidine rings is 1. The number of rotatable bonds is 6. The number of hydrogen-bond donors (Lipinski definition) is 1. The molecule has 0 aromatic carbocycles. The minimum absolute atomic E-state index is 0.861. The highest BCUT2D eigenvalue weighted by atomic mass is 15.1. The van der Waals surface area contributed by atoms with Crippen LogP contribution < -0.4 is 5.73 Å². The standard InChI is InChI=1S/C13H28N2/c1-12(2)4-3-9-15-10-6-13(5-8-14)7-11-15/h12-13H,3-11,14H2,1-2H3. The average Bonchev–Trinajstić information content (AvgIpc) is 2.20. The summed E-state index contributed by atoms with van der Waals surface area (Å²) in [5, 5.41) is 0. The van der Waals surface area contributed by atoms with Crippen LogP contribution in [0.2, 0.25) is 0 Å². The monoisotopic (exact) mass is 212 g/mol. The molecule has 0 atom stereocenters. The van der Waals surface area contributed by atoms with Gasteiger partial charge in [-0.25, -0.2) is 0 Å². The molecule has 0 aromatic heterocycles. The third-order valence-corrected chi connectivity index (χ3v) is 3.54. The van der Waals surface area contributed by atoms with Crippen LogP contribution in [0, 0.1) is 11.8 Å². The Balaban J connectivity index is 2.04. The summed E-state index contributed by atoms with van der Waals surface area (Å²) in [5.74, 6) is 1.77. The van der Waals surface area contributed by atoms with E-state index in [1.54, 1.807) is 0 Å². The van der Waals surface area contributed by atoms with Crippen LogP contribution in [0.5, 0.6) is 0 Å². The van der Waals surface area contributed by atoms with Crippen molar-refractivity contribution in [1.82, 2.24) is 4.90 Å². The summed E-state index contributed by atoms with van der Waals surface area (Å²) < 4.78 is 0. The van der Waals surface area contributed by atoms with Crippen molar-refractivity contribution in [3.05, 3.63) is 0 Å². The molecule has 0 radical (unpaired) electrons. The van der Waals surface area contributed by atoms with Crippen molar-refractivity contribution < 1.29 is 0 Å². The molecular formula is C13H28N2. The van der Waals surface area contributed by atoms with Gasteiger partial charge in [0.05, 0.1) is 0 Å². The maximum Gasteiger partial charge on any atom is -0.00161 e. The van der Waals surface area contributed by atoms with E-state index in [1.807, 2.05) is 0 Å². The fourth-order valence-corrected chi connectivity index (χ4v) is 2.46. The predicted octanol–water partition coefficient (Wildman–Crippen LogP) is 2.48. The third-order valence-electron chi connectivity index (χ3n) is 3.54. The minimum Gasteiger partial charge on any atom is -0.330 e. The molecule has 0 unspecified atom stereocenters. The molecule has 2 nitrogen and oxygen atoms in total. The van der Waals surface area contributed by atoms with Crippen molar-refractivity contribution in [1.29, 1.82) is 0 Å². The van der Waals surface area contributed by atoms with Gasteiger partial charge in [-0.15, -0.1) is 0 Å². The molecule has 1 aliphatic rings. The predicted molar refractivity (Wildman–Crippen MR) is 66.9 cm³/mol. The molecule has 1 heterocycles. The first-order valence-corrected chi connectivity index (χ1v) is 6.64. The van der Waals surface area contributed by atoms with E-state index in [-0.39, 0.29) is 0 Å². The second kappa shape index (κ2) is 7.24. The second-order valence-electron chi connectivity index (χ2n) is 5.40. The normalized spacial score (nSPS) is 20.0. The van der Waals surface area contributed by atoms with Gasteiger partial charge in [0, 0.05) is 0 Å². The van der Waals surface area contributed by atoms with Crippen LogP contribution in [0.25, 0.3) is 0 Å². The van der Waals surface area contributed by atoms with Gasteiger partial charge in [-0.1, -0.05) is 13.8 Å². The summed E-state index contributed by atoms with van der Waals surface area (Å²) in [6.07, 6.45) is 6.74. The molecule has 0 saturated carbocycles. The van der Waals surface area contributed by atoms with Crippen molar-refractivity contribution in [3.8, 4) is 0 Å². The Morgan fingerprint density at radius 3 is 2.47 bits per heavy atom. The summed E-state index contributed by atoms with van der Waals surface area (Å²) in [6, 6.07) is 0. The molecule has 90 valence electrons. The van der Waals surface area contributed by atoms with Crippen molar-refractivity contribution in [2.75, 3.05) is 26.2 Å². The largest absolute Gasteiger partial charge is 0.330 e. The Morgan fingerprint density at radius 1 is 1.27 bits per heavy atom. The first-order valence-electron chi connectivity index (χ1n) is 6.64. The highest BCUT2D eigenvalue weighted by molar-refractivity contribution is 4.72. The minimum atomic E-state index is 0.861. The van der Waals surface area contributed by atoms with Crippen LogP contribution in [0.1, 0.15) is 46.0 Å². The lowest BCUT2D eigenvalue weighted by atomic mass is 9.93. The molecule has 0 amide bonds. The van der Waals surface area contributed by atoms with Gasteiger partial charge in [0.25, 0.3) is 0 Å². The van der Waals surface area contributed by atoms with Gasteiger partial charge in [0.2, 0.25) is 0 Å². The Kier molecular flexibility index (Phi) is 6.26. The Hall–Kier alpha value is -0.0800. The third kappa shape index (κ3) is 5.53. The van der Waals surface area contributed by atoms with E-state index in [4.69, 9.17) is 5.73 Å². The SMILES string of the molecule is CC(C)CCCN1CCC(CCN)CC1. The van der Waals surface area contributed by atoms with Crippen LogP contribution in [0.3, 0.4) is 0 Å². The highest BCUT2D eigenvalue weighted by Gasteiger charge is 2.17. The van der Waals surface area contributed by atoms with E-state index < -0.39 is 0 Å². The number of hydrogen-bond acceptors (Lipinski definition) is 2. The molecule has 0 aliphatic carbocycles. The zero-order valence-corrected chi connectivity index (χ0v) is 10.5. The van der Waals surface area contributed by atoms with Crippen molar-refractivity contribution in [2.24, 2.45) is 17.6 Å². The first-order chi connectivity index (χ1) is 7.22. The first kappa shape index (κ1) is 13.0. The number of likely N-dealkylation sites (tertiary alicyclic amines) is 1. The molecule has 0 aromatic rings. The molecule has 0 spiro atoms. The van der Waals surface area contributed by atoms with Crippen LogP contribution in [0.4, 0.5) is 0 Å². The highest BCUT2D eigenvalue weighted by Crippen LogP contribution is 2.20. The Morgan fingerprint density at radius 2 is 1.93 bits per heavy atom. The van der Waals surface area contributed by atoms with Crippen LogP contribution in [0.15, 0.2) is 0 Å². The van der Waals surface area contributed by atoms with E-state index in [0.29, 0.717) is 0 Å². The van der Waals surface area contributed by atoms with Gasteiger partial charge < -0.3 is 10.6 Å². The van der Waals surface area contributed by atoms with Crippen molar-refractivity contribution in [2.45, 2.75) is 46.0 Å². The molecule has 1 rings (SSSR count). The van der Waals surface area contributed by atoms with Crippen LogP contribution in [-0.2, 0) is 0 Å². The maximum absolute atomic E-state index is 5.59. The van der Waals surface area contributed by atoms with Gasteiger partial charge in [-0.2, -0.15) is 0 Å². The van der Waals surface area contributed by atoms with Crippen molar-refractivity contribution >= 4 is 0 Å². The quantitative estimate of drug-likeness (QED) is 0.733. The molecule has 1 fully saturated rings. The summed E-state index contributed by atoms with van der Waals surface area (Å²) in [7, 11) is 0. The van der Waals surface area contributed by atoms with E-state index in [0.717, 1.165) is 18.4 Å².